The number of rotatable bonds is 4. The molecule has 4 heteroatoms. The SMILES string of the molecule is CC1CCC(C(C)C)C(Oc2ccc(C(=O)O)c(N)c2)C1. The molecule has 0 saturated heterocycles. The van der Waals surface area contributed by atoms with E-state index in [2.05, 4.69) is 20.8 Å². The third-order valence-corrected chi connectivity index (χ3v) is 4.50. The molecule has 0 heterocycles. The van der Waals surface area contributed by atoms with Gasteiger partial charge in [0.1, 0.15) is 11.9 Å². The van der Waals surface area contributed by atoms with Crippen molar-refractivity contribution in [2.75, 3.05) is 5.73 Å². The molecular weight excluding hydrogens is 266 g/mol. The van der Waals surface area contributed by atoms with Gasteiger partial charge in [0.05, 0.1) is 5.56 Å². The highest BCUT2D eigenvalue weighted by molar-refractivity contribution is 5.93. The number of carboxylic acids is 1. The van der Waals surface area contributed by atoms with Crippen LogP contribution in [0.4, 0.5) is 5.69 Å². The van der Waals surface area contributed by atoms with Gasteiger partial charge in [0.15, 0.2) is 0 Å². The summed E-state index contributed by atoms with van der Waals surface area (Å²) >= 11 is 0. The van der Waals surface area contributed by atoms with Crippen LogP contribution in [0.5, 0.6) is 5.75 Å². The van der Waals surface area contributed by atoms with E-state index in [0.29, 0.717) is 23.5 Å². The molecular formula is C17H25NO3. The third-order valence-electron chi connectivity index (χ3n) is 4.50. The number of nitrogen functional groups attached to an aromatic ring is 1. The molecule has 1 aromatic rings. The molecule has 1 saturated carbocycles. The highest BCUT2D eigenvalue weighted by Crippen LogP contribution is 2.36. The lowest BCUT2D eigenvalue weighted by Gasteiger charge is -2.37. The summed E-state index contributed by atoms with van der Waals surface area (Å²) in [6.45, 7) is 6.73. The predicted molar refractivity (Wildman–Crippen MR) is 83.6 cm³/mol. The van der Waals surface area contributed by atoms with E-state index < -0.39 is 5.97 Å². The van der Waals surface area contributed by atoms with Crippen molar-refractivity contribution in [1.29, 1.82) is 0 Å². The maximum absolute atomic E-state index is 11.0. The summed E-state index contributed by atoms with van der Waals surface area (Å²) in [6, 6.07) is 4.85. The first kappa shape index (κ1) is 15.7. The van der Waals surface area contributed by atoms with Crippen LogP contribution >= 0.6 is 0 Å². The Morgan fingerprint density at radius 1 is 1.38 bits per heavy atom. The van der Waals surface area contributed by atoms with Crippen LogP contribution in [-0.2, 0) is 0 Å². The molecule has 3 atom stereocenters. The molecule has 0 amide bonds. The summed E-state index contributed by atoms with van der Waals surface area (Å²) < 4.78 is 6.14. The van der Waals surface area contributed by atoms with Gasteiger partial charge in [0, 0.05) is 11.8 Å². The van der Waals surface area contributed by atoms with Crippen molar-refractivity contribution in [2.45, 2.75) is 46.1 Å². The molecule has 1 fully saturated rings. The minimum Gasteiger partial charge on any atom is -0.490 e. The molecule has 3 N–H and O–H groups in total. The summed E-state index contributed by atoms with van der Waals surface area (Å²) in [7, 11) is 0. The first-order chi connectivity index (χ1) is 9.88. The fourth-order valence-electron chi connectivity index (χ4n) is 3.23. The molecule has 116 valence electrons. The van der Waals surface area contributed by atoms with Gasteiger partial charge in [-0.15, -0.1) is 0 Å². The molecule has 1 aliphatic carbocycles. The lowest BCUT2D eigenvalue weighted by atomic mass is 9.75. The summed E-state index contributed by atoms with van der Waals surface area (Å²) in [5.74, 6) is 1.45. The van der Waals surface area contributed by atoms with Gasteiger partial charge < -0.3 is 15.6 Å². The Kier molecular flexibility index (Phi) is 4.76. The largest absolute Gasteiger partial charge is 0.490 e. The van der Waals surface area contributed by atoms with Crippen molar-refractivity contribution in [3.63, 3.8) is 0 Å². The van der Waals surface area contributed by atoms with E-state index in [4.69, 9.17) is 15.6 Å². The summed E-state index contributed by atoms with van der Waals surface area (Å²) in [5, 5.41) is 9.01. The predicted octanol–water partition coefficient (Wildman–Crippen LogP) is 3.81. The molecule has 0 bridgehead atoms. The van der Waals surface area contributed by atoms with Crippen LogP contribution in [0.1, 0.15) is 50.4 Å². The average molecular weight is 291 g/mol. The number of hydrogen-bond acceptors (Lipinski definition) is 3. The van der Waals surface area contributed by atoms with Crippen molar-refractivity contribution >= 4 is 11.7 Å². The molecule has 21 heavy (non-hydrogen) atoms. The number of aromatic carboxylic acids is 1. The quantitative estimate of drug-likeness (QED) is 0.827. The molecule has 0 spiro atoms. The average Bonchev–Trinajstić information content (AvgIpc) is 2.37. The van der Waals surface area contributed by atoms with E-state index in [0.717, 1.165) is 6.42 Å². The maximum Gasteiger partial charge on any atom is 0.337 e. The Morgan fingerprint density at radius 2 is 2.10 bits per heavy atom. The molecule has 1 aliphatic rings. The van der Waals surface area contributed by atoms with Gasteiger partial charge >= 0.3 is 5.97 Å². The molecule has 0 radical (unpaired) electrons. The van der Waals surface area contributed by atoms with Crippen molar-refractivity contribution < 1.29 is 14.6 Å². The first-order valence-corrected chi connectivity index (χ1v) is 7.68. The van der Waals surface area contributed by atoms with Crippen molar-refractivity contribution in [2.24, 2.45) is 17.8 Å². The van der Waals surface area contributed by atoms with Gasteiger partial charge in [0.25, 0.3) is 0 Å². The molecule has 4 nitrogen and oxygen atoms in total. The van der Waals surface area contributed by atoms with Gasteiger partial charge in [-0.25, -0.2) is 4.79 Å². The van der Waals surface area contributed by atoms with E-state index in [1.54, 1.807) is 12.1 Å². The van der Waals surface area contributed by atoms with E-state index in [1.807, 2.05) is 0 Å². The summed E-state index contributed by atoms with van der Waals surface area (Å²) in [5.41, 5.74) is 6.17. The van der Waals surface area contributed by atoms with E-state index in [-0.39, 0.29) is 17.4 Å². The number of anilines is 1. The maximum atomic E-state index is 11.0. The fraction of sp³-hybridized carbons (Fsp3) is 0.588. The number of carboxylic acid groups (broad SMARTS) is 1. The third kappa shape index (κ3) is 3.69. The monoisotopic (exact) mass is 291 g/mol. The van der Waals surface area contributed by atoms with Crippen molar-refractivity contribution in [1.82, 2.24) is 0 Å². The summed E-state index contributed by atoms with van der Waals surface area (Å²) in [6.07, 6.45) is 3.67. The second kappa shape index (κ2) is 6.37. The number of ether oxygens (including phenoxy) is 1. The zero-order valence-electron chi connectivity index (χ0n) is 13.0. The van der Waals surface area contributed by atoms with E-state index in [1.165, 1.54) is 18.9 Å². The minimum atomic E-state index is -1.01. The van der Waals surface area contributed by atoms with Crippen LogP contribution in [0, 0.1) is 17.8 Å². The molecule has 3 unspecified atom stereocenters. The minimum absolute atomic E-state index is 0.125. The van der Waals surface area contributed by atoms with Gasteiger partial charge in [-0.3, -0.25) is 0 Å². The number of hydrogen-bond donors (Lipinski definition) is 2. The van der Waals surface area contributed by atoms with Crippen molar-refractivity contribution in [3.8, 4) is 5.75 Å². The number of carbonyl (C=O) groups is 1. The second-order valence-electron chi connectivity index (χ2n) is 6.54. The number of benzene rings is 1. The van der Waals surface area contributed by atoms with Gasteiger partial charge in [-0.1, -0.05) is 27.2 Å². The standard InChI is InChI=1S/C17H25NO3/c1-10(2)13-6-4-11(3)8-16(13)21-12-5-7-14(17(19)20)15(18)9-12/h5,7,9-11,13,16H,4,6,8,18H2,1-3H3,(H,19,20). The molecule has 2 rings (SSSR count). The topological polar surface area (TPSA) is 72.5 Å². The Hall–Kier alpha value is -1.71. The van der Waals surface area contributed by atoms with E-state index in [9.17, 15) is 4.79 Å². The van der Waals surface area contributed by atoms with Crippen LogP contribution < -0.4 is 10.5 Å². The second-order valence-corrected chi connectivity index (χ2v) is 6.54. The fourth-order valence-corrected chi connectivity index (χ4v) is 3.23. The van der Waals surface area contributed by atoms with Crippen LogP contribution in [0.15, 0.2) is 18.2 Å². The highest BCUT2D eigenvalue weighted by atomic mass is 16.5. The van der Waals surface area contributed by atoms with Crippen LogP contribution in [0.3, 0.4) is 0 Å². The van der Waals surface area contributed by atoms with Crippen LogP contribution in [0.2, 0.25) is 0 Å². The van der Waals surface area contributed by atoms with E-state index >= 15 is 0 Å². The highest BCUT2D eigenvalue weighted by Gasteiger charge is 2.32. The van der Waals surface area contributed by atoms with Gasteiger partial charge in [-0.05, 0) is 42.7 Å². The lowest BCUT2D eigenvalue weighted by Crippen LogP contribution is -2.36. The first-order valence-electron chi connectivity index (χ1n) is 7.68. The molecule has 1 aromatic carbocycles. The molecule has 0 aromatic heterocycles. The van der Waals surface area contributed by atoms with Gasteiger partial charge in [-0.2, -0.15) is 0 Å². The van der Waals surface area contributed by atoms with Crippen LogP contribution in [0.25, 0.3) is 0 Å². The smallest absolute Gasteiger partial charge is 0.337 e. The molecule has 0 aliphatic heterocycles. The van der Waals surface area contributed by atoms with Crippen molar-refractivity contribution in [3.05, 3.63) is 23.8 Å². The Balaban J connectivity index is 2.15. The number of nitrogens with two attached hydrogens (primary N) is 1. The normalized spacial score (nSPS) is 25.8. The Morgan fingerprint density at radius 3 is 2.67 bits per heavy atom. The Bertz CT molecular complexity index is 513. The van der Waals surface area contributed by atoms with Crippen LogP contribution in [-0.4, -0.2) is 17.2 Å². The lowest BCUT2D eigenvalue weighted by molar-refractivity contribution is 0.0460. The summed E-state index contributed by atoms with van der Waals surface area (Å²) in [4.78, 5) is 11.0. The zero-order valence-corrected chi connectivity index (χ0v) is 13.0. The van der Waals surface area contributed by atoms with Gasteiger partial charge in [0.2, 0.25) is 0 Å². The zero-order chi connectivity index (χ0) is 15.6. The Labute approximate surface area is 126 Å².